The SMILES string of the molecule is O=C1C=CN=C2C([N+](=O)[O-])=CC(Br)=CC12. The molecule has 0 aromatic carbocycles. The van der Waals surface area contributed by atoms with Crippen LogP contribution in [0, 0.1) is 16.0 Å². The zero-order chi connectivity index (χ0) is 11.0. The van der Waals surface area contributed by atoms with Crippen LogP contribution in [0.4, 0.5) is 0 Å². The first-order chi connectivity index (χ1) is 7.09. The third-order valence-electron chi connectivity index (χ3n) is 2.11. The zero-order valence-electron chi connectivity index (χ0n) is 7.38. The van der Waals surface area contributed by atoms with Gasteiger partial charge in [-0.1, -0.05) is 22.0 Å². The van der Waals surface area contributed by atoms with Crippen LogP contribution in [-0.2, 0) is 4.79 Å². The number of carbonyl (C=O) groups is 1. The Bertz CT molecular complexity index is 474. The second-order valence-electron chi connectivity index (χ2n) is 3.05. The molecule has 76 valence electrons. The van der Waals surface area contributed by atoms with Crippen molar-refractivity contribution < 1.29 is 9.72 Å². The molecule has 0 radical (unpaired) electrons. The topological polar surface area (TPSA) is 72.6 Å². The van der Waals surface area contributed by atoms with E-state index in [1.54, 1.807) is 6.08 Å². The van der Waals surface area contributed by atoms with Gasteiger partial charge in [0.2, 0.25) is 0 Å². The third kappa shape index (κ3) is 1.68. The number of ketones is 1. The fraction of sp³-hybridized carbons (Fsp3) is 0.111. The van der Waals surface area contributed by atoms with Crippen molar-refractivity contribution in [3.63, 3.8) is 0 Å². The van der Waals surface area contributed by atoms with E-state index in [2.05, 4.69) is 20.9 Å². The minimum absolute atomic E-state index is 0.132. The maximum atomic E-state index is 11.5. The summed E-state index contributed by atoms with van der Waals surface area (Å²) in [6.45, 7) is 0. The van der Waals surface area contributed by atoms with Crippen LogP contribution in [0.2, 0.25) is 0 Å². The molecule has 0 N–H and O–H groups in total. The summed E-state index contributed by atoms with van der Waals surface area (Å²) in [5.74, 6) is -0.820. The largest absolute Gasteiger partial charge is 0.294 e. The van der Waals surface area contributed by atoms with Gasteiger partial charge < -0.3 is 0 Å². The molecule has 1 unspecified atom stereocenters. The number of hydrogen-bond acceptors (Lipinski definition) is 4. The predicted molar refractivity (Wildman–Crippen MR) is 57.2 cm³/mol. The van der Waals surface area contributed by atoms with Crippen LogP contribution < -0.4 is 0 Å². The number of carbonyl (C=O) groups excluding carboxylic acids is 1. The van der Waals surface area contributed by atoms with Gasteiger partial charge in [-0.25, -0.2) is 0 Å². The van der Waals surface area contributed by atoms with Gasteiger partial charge in [-0.15, -0.1) is 0 Å². The van der Waals surface area contributed by atoms with Crippen LogP contribution >= 0.6 is 15.9 Å². The van der Waals surface area contributed by atoms with Gasteiger partial charge in [0.15, 0.2) is 5.78 Å². The highest BCUT2D eigenvalue weighted by atomic mass is 79.9. The molecule has 0 fully saturated rings. The van der Waals surface area contributed by atoms with E-state index >= 15 is 0 Å². The van der Waals surface area contributed by atoms with Crippen LogP contribution in [0.5, 0.6) is 0 Å². The first-order valence-corrected chi connectivity index (χ1v) is 4.91. The lowest BCUT2D eigenvalue weighted by molar-refractivity contribution is -0.415. The monoisotopic (exact) mass is 268 g/mol. The summed E-state index contributed by atoms with van der Waals surface area (Å²) in [6.07, 6.45) is 5.56. The summed E-state index contributed by atoms with van der Waals surface area (Å²) >= 11 is 3.14. The van der Waals surface area contributed by atoms with Gasteiger partial charge >= 0.3 is 0 Å². The third-order valence-corrected chi connectivity index (χ3v) is 2.61. The van der Waals surface area contributed by atoms with Crippen molar-refractivity contribution >= 4 is 27.4 Å². The normalized spacial score (nSPS) is 23.9. The standard InChI is InChI=1S/C9H5BrN2O3/c10-5-3-6-8(13)1-2-11-9(6)7(4-5)12(14)15/h1-4,6H. The molecule has 0 amide bonds. The molecule has 2 rings (SSSR count). The van der Waals surface area contributed by atoms with Crippen molar-refractivity contribution in [2.75, 3.05) is 0 Å². The minimum Gasteiger partial charge on any atom is -0.294 e. The summed E-state index contributed by atoms with van der Waals surface area (Å²) < 4.78 is 0.529. The lowest BCUT2D eigenvalue weighted by Gasteiger charge is -2.17. The molecule has 1 heterocycles. The number of halogens is 1. The van der Waals surface area contributed by atoms with E-state index < -0.39 is 10.8 Å². The van der Waals surface area contributed by atoms with Gasteiger partial charge in [0.25, 0.3) is 5.70 Å². The molecule has 0 aromatic rings. The highest BCUT2D eigenvalue weighted by Crippen LogP contribution is 2.27. The molecule has 6 heteroatoms. The molecule has 1 atom stereocenters. The second-order valence-corrected chi connectivity index (χ2v) is 3.96. The molecule has 0 spiro atoms. The fourth-order valence-electron chi connectivity index (χ4n) is 1.45. The molecular weight excluding hydrogens is 264 g/mol. The summed E-state index contributed by atoms with van der Waals surface area (Å²) in [6, 6.07) is 0. The Hall–Kier alpha value is -1.56. The number of hydrogen-bond donors (Lipinski definition) is 0. The smallest absolute Gasteiger partial charge is 0.292 e. The Kier molecular flexibility index (Phi) is 2.36. The Morgan fingerprint density at radius 3 is 2.93 bits per heavy atom. The van der Waals surface area contributed by atoms with E-state index in [-0.39, 0.29) is 17.2 Å². The van der Waals surface area contributed by atoms with Crippen LogP contribution in [-0.4, -0.2) is 16.4 Å². The van der Waals surface area contributed by atoms with Crippen LogP contribution in [0.25, 0.3) is 0 Å². The van der Waals surface area contributed by atoms with Crippen molar-refractivity contribution in [3.05, 3.63) is 44.7 Å². The average molecular weight is 269 g/mol. The van der Waals surface area contributed by atoms with E-state index in [0.29, 0.717) is 4.48 Å². The van der Waals surface area contributed by atoms with Crippen LogP contribution in [0.3, 0.4) is 0 Å². The summed E-state index contributed by atoms with van der Waals surface area (Å²) in [5.41, 5.74) is 0.0720. The lowest BCUT2D eigenvalue weighted by atomic mass is 9.90. The van der Waals surface area contributed by atoms with Crippen molar-refractivity contribution in [2.45, 2.75) is 0 Å². The zero-order valence-corrected chi connectivity index (χ0v) is 8.97. The second kappa shape index (κ2) is 3.54. The van der Waals surface area contributed by atoms with Crippen molar-refractivity contribution in [1.29, 1.82) is 0 Å². The van der Waals surface area contributed by atoms with E-state index in [1.165, 1.54) is 18.4 Å². The molecule has 2 aliphatic rings. The number of aliphatic imine (C=N–C) groups is 1. The molecular formula is C9H5BrN2O3. The average Bonchev–Trinajstić information content (AvgIpc) is 2.18. The Labute approximate surface area is 93.2 Å². The van der Waals surface area contributed by atoms with E-state index in [9.17, 15) is 14.9 Å². The molecule has 5 nitrogen and oxygen atoms in total. The Morgan fingerprint density at radius 2 is 2.27 bits per heavy atom. The van der Waals surface area contributed by atoms with Gasteiger partial charge in [0.1, 0.15) is 5.71 Å². The number of nitrogens with zero attached hydrogens (tertiary/aromatic N) is 2. The Morgan fingerprint density at radius 1 is 1.53 bits per heavy atom. The van der Waals surface area contributed by atoms with Crippen molar-refractivity contribution in [3.8, 4) is 0 Å². The maximum absolute atomic E-state index is 11.5. The van der Waals surface area contributed by atoms with Gasteiger partial charge in [-0.3, -0.25) is 19.9 Å². The molecule has 15 heavy (non-hydrogen) atoms. The minimum atomic E-state index is -0.630. The van der Waals surface area contributed by atoms with Gasteiger partial charge in [0, 0.05) is 22.8 Å². The van der Waals surface area contributed by atoms with Gasteiger partial charge in [0.05, 0.1) is 10.8 Å². The predicted octanol–water partition coefficient (Wildman–Crippen LogP) is 1.59. The first-order valence-electron chi connectivity index (χ1n) is 4.11. The molecule has 1 aliphatic heterocycles. The first kappa shape index (κ1) is 9.97. The molecule has 0 aromatic heterocycles. The lowest BCUT2D eigenvalue weighted by Crippen LogP contribution is -2.29. The summed E-state index contributed by atoms with van der Waals surface area (Å²) in [7, 11) is 0. The van der Waals surface area contributed by atoms with Crippen LogP contribution in [0.15, 0.2) is 39.6 Å². The molecule has 0 saturated heterocycles. The van der Waals surface area contributed by atoms with E-state index in [0.717, 1.165) is 0 Å². The maximum Gasteiger partial charge on any atom is 0.292 e. The van der Waals surface area contributed by atoms with Crippen LogP contribution in [0.1, 0.15) is 0 Å². The van der Waals surface area contributed by atoms with Crippen molar-refractivity contribution in [1.82, 2.24) is 0 Å². The highest BCUT2D eigenvalue weighted by molar-refractivity contribution is 9.11. The molecule has 1 aliphatic carbocycles. The number of fused-ring (bicyclic) bond motifs is 1. The van der Waals surface area contributed by atoms with Crippen molar-refractivity contribution in [2.24, 2.45) is 10.9 Å². The van der Waals surface area contributed by atoms with E-state index in [1.807, 2.05) is 0 Å². The number of allylic oxidation sites excluding steroid dienone is 5. The van der Waals surface area contributed by atoms with Gasteiger partial charge in [-0.2, -0.15) is 0 Å². The fourth-order valence-corrected chi connectivity index (χ4v) is 1.94. The van der Waals surface area contributed by atoms with Gasteiger partial charge in [-0.05, 0) is 0 Å². The molecule has 0 saturated carbocycles. The molecule has 0 bridgehead atoms. The Balaban J connectivity index is 2.54. The number of rotatable bonds is 1. The highest BCUT2D eigenvalue weighted by Gasteiger charge is 2.34. The van der Waals surface area contributed by atoms with E-state index in [4.69, 9.17) is 0 Å². The quantitative estimate of drug-likeness (QED) is 0.536. The summed E-state index contributed by atoms with van der Waals surface area (Å²) in [5, 5.41) is 10.7. The number of nitro groups is 1. The summed E-state index contributed by atoms with van der Waals surface area (Å²) in [4.78, 5) is 25.5.